The zero-order valence-corrected chi connectivity index (χ0v) is 14.5. The van der Waals surface area contributed by atoms with Gasteiger partial charge in [0.15, 0.2) is 0 Å². The monoisotopic (exact) mass is 338 g/mol. The van der Waals surface area contributed by atoms with E-state index >= 15 is 0 Å². The maximum absolute atomic E-state index is 12.6. The number of carbonyl (C=O) groups is 2. The molecule has 0 saturated carbocycles. The van der Waals surface area contributed by atoms with E-state index < -0.39 is 0 Å². The molecule has 25 heavy (non-hydrogen) atoms. The summed E-state index contributed by atoms with van der Waals surface area (Å²) >= 11 is 0. The molecule has 0 saturated heterocycles. The summed E-state index contributed by atoms with van der Waals surface area (Å²) in [5, 5.41) is 2.97. The van der Waals surface area contributed by atoms with Crippen LogP contribution < -0.4 is 10.2 Å². The third-order valence-corrected chi connectivity index (χ3v) is 4.32. The molecule has 0 spiro atoms. The first-order chi connectivity index (χ1) is 12.1. The Bertz CT molecular complexity index is 801. The Morgan fingerprint density at radius 3 is 2.76 bits per heavy atom. The lowest BCUT2D eigenvalue weighted by Gasteiger charge is -2.19. The summed E-state index contributed by atoms with van der Waals surface area (Å²) in [6, 6.07) is 13.4. The molecule has 2 amide bonds. The molecule has 0 unspecified atom stereocenters. The quantitative estimate of drug-likeness (QED) is 0.865. The minimum Gasteiger partial charge on any atom is -0.466 e. The van der Waals surface area contributed by atoms with E-state index in [1.807, 2.05) is 43.3 Å². The van der Waals surface area contributed by atoms with Crippen molar-refractivity contribution in [3.63, 3.8) is 0 Å². The van der Waals surface area contributed by atoms with Gasteiger partial charge in [0.25, 0.3) is 0 Å². The van der Waals surface area contributed by atoms with E-state index in [-0.39, 0.29) is 18.4 Å². The predicted molar refractivity (Wildman–Crippen MR) is 98.0 cm³/mol. The number of carbonyl (C=O) groups excluding carboxylic acids is 2. The van der Waals surface area contributed by atoms with Gasteiger partial charge in [-0.2, -0.15) is 0 Å². The summed E-state index contributed by atoms with van der Waals surface area (Å²) in [6.07, 6.45) is 1.11. The lowest BCUT2D eigenvalue weighted by Crippen LogP contribution is -2.33. The molecule has 130 valence electrons. The average Bonchev–Trinajstić information content (AvgIpc) is 3.01. The van der Waals surface area contributed by atoms with Crippen molar-refractivity contribution >= 4 is 23.4 Å². The Hall–Kier alpha value is -2.82. The Labute approximate surface area is 147 Å². The lowest BCUT2D eigenvalue weighted by atomic mass is 10.1. The van der Waals surface area contributed by atoms with Crippen molar-refractivity contribution in [2.45, 2.75) is 26.7 Å². The summed E-state index contributed by atoms with van der Waals surface area (Å²) in [5.41, 5.74) is 4.71. The van der Waals surface area contributed by atoms with Gasteiger partial charge in [-0.05, 0) is 49.1 Å². The molecule has 0 aromatic heterocycles. The molecule has 0 bridgehead atoms. The number of amides is 2. The van der Waals surface area contributed by atoms with Crippen LogP contribution in [0.2, 0.25) is 0 Å². The molecule has 2 aromatic carbocycles. The van der Waals surface area contributed by atoms with Crippen molar-refractivity contribution < 1.29 is 14.3 Å². The van der Waals surface area contributed by atoms with E-state index in [0.717, 1.165) is 28.9 Å². The Kier molecular flexibility index (Phi) is 5.03. The van der Waals surface area contributed by atoms with Gasteiger partial charge < -0.3 is 10.1 Å². The van der Waals surface area contributed by atoms with Crippen molar-refractivity contribution in [2.75, 3.05) is 23.4 Å². The zero-order chi connectivity index (χ0) is 17.8. The summed E-state index contributed by atoms with van der Waals surface area (Å²) in [7, 11) is 0. The molecule has 0 aliphatic carbocycles. The van der Waals surface area contributed by atoms with Gasteiger partial charge in [-0.15, -0.1) is 0 Å². The van der Waals surface area contributed by atoms with Crippen LogP contribution in [0.1, 0.15) is 23.6 Å². The fourth-order valence-corrected chi connectivity index (χ4v) is 3.09. The lowest BCUT2D eigenvalue weighted by molar-refractivity contribution is -0.142. The highest BCUT2D eigenvalue weighted by Gasteiger charge is 2.24. The number of benzene rings is 2. The largest absolute Gasteiger partial charge is 0.466 e. The molecule has 5 heteroatoms. The van der Waals surface area contributed by atoms with Crippen LogP contribution >= 0.6 is 0 Å². The maximum Gasteiger partial charge on any atom is 0.326 e. The van der Waals surface area contributed by atoms with Crippen LogP contribution in [0.3, 0.4) is 0 Å². The Morgan fingerprint density at radius 1 is 1.20 bits per heavy atom. The summed E-state index contributed by atoms with van der Waals surface area (Å²) in [6.45, 7) is 4.77. The van der Waals surface area contributed by atoms with Crippen LogP contribution in [-0.2, 0) is 22.4 Å². The predicted octanol–water partition coefficient (Wildman–Crippen LogP) is 3.70. The van der Waals surface area contributed by atoms with Crippen molar-refractivity contribution in [2.24, 2.45) is 0 Å². The maximum atomic E-state index is 12.6. The summed E-state index contributed by atoms with van der Waals surface area (Å²) < 4.78 is 4.97. The van der Waals surface area contributed by atoms with E-state index in [0.29, 0.717) is 13.2 Å². The Balaban J connectivity index is 1.69. The van der Waals surface area contributed by atoms with Crippen LogP contribution in [0.4, 0.5) is 16.2 Å². The number of nitrogens with zero attached hydrogens (tertiary/aromatic N) is 1. The number of rotatable bonds is 4. The second-order valence-electron chi connectivity index (χ2n) is 6.09. The number of hydrogen-bond donors (Lipinski definition) is 1. The number of hydrogen-bond acceptors (Lipinski definition) is 3. The molecule has 2 aromatic rings. The van der Waals surface area contributed by atoms with Gasteiger partial charge in [0.05, 0.1) is 13.0 Å². The minimum atomic E-state index is -0.243. The number of urea groups is 1. The van der Waals surface area contributed by atoms with Crippen LogP contribution in [0.5, 0.6) is 0 Å². The zero-order valence-electron chi connectivity index (χ0n) is 14.5. The van der Waals surface area contributed by atoms with Crippen LogP contribution in [0, 0.1) is 6.92 Å². The molecule has 1 N–H and O–H groups in total. The van der Waals surface area contributed by atoms with Crippen molar-refractivity contribution in [1.82, 2.24) is 0 Å². The number of aryl methyl sites for hydroxylation is 1. The fraction of sp³-hybridized carbons (Fsp3) is 0.300. The van der Waals surface area contributed by atoms with Gasteiger partial charge in [0.1, 0.15) is 0 Å². The van der Waals surface area contributed by atoms with Gasteiger partial charge in [0, 0.05) is 17.9 Å². The first kappa shape index (κ1) is 17.0. The van der Waals surface area contributed by atoms with E-state index in [2.05, 4.69) is 11.4 Å². The first-order valence-electron chi connectivity index (χ1n) is 8.50. The number of para-hydroxylation sites is 1. The molecular formula is C20H22N2O3. The molecule has 1 heterocycles. The third kappa shape index (κ3) is 3.82. The van der Waals surface area contributed by atoms with E-state index in [9.17, 15) is 9.59 Å². The smallest absolute Gasteiger partial charge is 0.326 e. The topological polar surface area (TPSA) is 58.6 Å². The second kappa shape index (κ2) is 7.38. The average molecular weight is 338 g/mol. The summed E-state index contributed by atoms with van der Waals surface area (Å²) in [5.74, 6) is -0.243. The normalized spacial score (nSPS) is 12.6. The molecular weight excluding hydrogens is 316 g/mol. The van der Waals surface area contributed by atoms with Gasteiger partial charge in [-0.3, -0.25) is 9.69 Å². The second-order valence-corrected chi connectivity index (χ2v) is 6.09. The molecule has 3 rings (SSSR count). The number of fused-ring (bicyclic) bond motifs is 1. The van der Waals surface area contributed by atoms with Gasteiger partial charge in [-0.25, -0.2) is 4.79 Å². The molecule has 5 nitrogen and oxygen atoms in total. The highest BCUT2D eigenvalue weighted by molar-refractivity contribution is 6.03. The number of nitrogens with one attached hydrogen (secondary N) is 1. The minimum absolute atomic E-state index is 0.133. The fourth-order valence-electron chi connectivity index (χ4n) is 3.09. The van der Waals surface area contributed by atoms with Gasteiger partial charge in [0.2, 0.25) is 0 Å². The summed E-state index contributed by atoms with van der Waals surface area (Å²) in [4.78, 5) is 26.0. The van der Waals surface area contributed by atoms with Crippen molar-refractivity contribution in [1.29, 1.82) is 0 Å². The molecule has 0 atom stereocenters. The van der Waals surface area contributed by atoms with E-state index in [1.54, 1.807) is 11.8 Å². The van der Waals surface area contributed by atoms with Crippen LogP contribution in [0.15, 0.2) is 42.5 Å². The highest BCUT2D eigenvalue weighted by Crippen LogP contribution is 2.28. The van der Waals surface area contributed by atoms with Crippen LogP contribution in [0.25, 0.3) is 0 Å². The SMILES string of the molecule is CCOC(=O)Cc1ccc(NC(=O)N2CCc3ccccc32)c(C)c1. The highest BCUT2D eigenvalue weighted by atomic mass is 16.5. The molecule has 0 fully saturated rings. The van der Waals surface area contributed by atoms with Crippen molar-refractivity contribution in [3.8, 4) is 0 Å². The molecule has 0 radical (unpaired) electrons. The van der Waals surface area contributed by atoms with E-state index in [1.165, 1.54) is 5.56 Å². The van der Waals surface area contributed by atoms with Gasteiger partial charge >= 0.3 is 12.0 Å². The Morgan fingerprint density at radius 2 is 2.00 bits per heavy atom. The number of ether oxygens (including phenoxy) is 1. The standard InChI is InChI=1S/C20H22N2O3/c1-3-25-19(23)13-15-8-9-17(14(2)12-15)21-20(24)22-11-10-16-6-4-5-7-18(16)22/h4-9,12H,3,10-11,13H2,1-2H3,(H,21,24). The number of anilines is 2. The first-order valence-corrected chi connectivity index (χ1v) is 8.50. The third-order valence-electron chi connectivity index (χ3n) is 4.32. The van der Waals surface area contributed by atoms with Gasteiger partial charge in [-0.1, -0.05) is 30.3 Å². The van der Waals surface area contributed by atoms with Crippen molar-refractivity contribution in [3.05, 3.63) is 59.2 Å². The van der Waals surface area contributed by atoms with E-state index in [4.69, 9.17) is 4.74 Å². The molecule has 1 aliphatic rings. The number of esters is 1. The van der Waals surface area contributed by atoms with Crippen LogP contribution in [-0.4, -0.2) is 25.2 Å². The molecule has 1 aliphatic heterocycles.